The van der Waals surface area contributed by atoms with Crippen molar-refractivity contribution in [2.24, 2.45) is 17.8 Å². The van der Waals surface area contributed by atoms with Crippen molar-refractivity contribution in [2.45, 2.75) is 39.5 Å². The van der Waals surface area contributed by atoms with Crippen LogP contribution in [0.1, 0.15) is 34.6 Å². The van der Waals surface area contributed by atoms with Gasteiger partial charge in [-0.2, -0.15) is 0 Å². The Bertz CT molecular complexity index is 534. The molecule has 6 heteroatoms. The third kappa shape index (κ3) is 5.28. The van der Waals surface area contributed by atoms with Gasteiger partial charge in [-0.25, -0.2) is 18.1 Å². The van der Waals surface area contributed by atoms with Crippen LogP contribution in [0.2, 0.25) is 0 Å². The second-order valence-electron chi connectivity index (χ2n) is 5.91. The van der Waals surface area contributed by atoms with Gasteiger partial charge in [0.2, 0.25) is 10.0 Å². The maximum absolute atomic E-state index is 12.4. The standard InChI is InChI=1S/C15H27N3O2S/c1-6-16-15-9-13(7-8-17-15)21(19,20)18-10-14(11(2)3)12(4)5/h7-9,11-12,14,18H,6,10H2,1-5H3,(H,16,17). The van der Waals surface area contributed by atoms with Crippen LogP contribution >= 0.6 is 0 Å². The van der Waals surface area contributed by atoms with E-state index >= 15 is 0 Å². The number of anilines is 1. The Morgan fingerprint density at radius 1 is 1.19 bits per heavy atom. The van der Waals surface area contributed by atoms with Gasteiger partial charge in [0.15, 0.2) is 0 Å². The van der Waals surface area contributed by atoms with E-state index in [-0.39, 0.29) is 4.90 Å². The molecule has 0 unspecified atom stereocenters. The Hall–Kier alpha value is -1.14. The van der Waals surface area contributed by atoms with Crippen LogP contribution in [0.15, 0.2) is 23.2 Å². The van der Waals surface area contributed by atoms with Crippen LogP contribution < -0.4 is 10.0 Å². The van der Waals surface area contributed by atoms with Crippen molar-refractivity contribution in [2.75, 3.05) is 18.4 Å². The molecule has 0 atom stereocenters. The van der Waals surface area contributed by atoms with Gasteiger partial charge in [-0.3, -0.25) is 0 Å². The molecule has 1 rings (SSSR count). The summed E-state index contributed by atoms with van der Waals surface area (Å²) in [6.45, 7) is 11.6. The van der Waals surface area contributed by atoms with E-state index in [4.69, 9.17) is 0 Å². The molecule has 0 saturated carbocycles. The van der Waals surface area contributed by atoms with E-state index in [1.54, 1.807) is 6.07 Å². The fourth-order valence-electron chi connectivity index (χ4n) is 2.39. The molecule has 0 saturated heterocycles. The Morgan fingerprint density at radius 3 is 2.33 bits per heavy atom. The molecule has 0 amide bonds. The van der Waals surface area contributed by atoms with Gasteiger partial charge in [0.25, 0.3) is 0 Å². The maximum atomic E-state index is 12.4. The molecule has 0 aliphatic heterocycles. The third-order valence-electron chi connectivity index (χ3n) is 3.62. The molecule has 0 aliphatic carbocycles. The predicted molar refractivity (Wildman–Crippen MR) is 86.8 cm³/mol. The minimum Gasteiger partial charge on any atom is -0.370 e. The summed E-state index contributed by atoms with van der Waals surface area (Å²) in [5.41, 5.74) is 0. The van der Waals surface area contributed by atoms with Crippen molar-refractivity contribution in [1.29, 1.82) is 0 Å². The summed E-state index contributed by atoms with van der Waals surface area (Å²) in [5.74, 6) is 1.75. The second-order valence-corrected chi connectivity index (χ2v) is 7.68. The summed E-state index contributed by atoms with van der Waals surface area (Å²) < 4.78 is 27.5. The van der Waals surface area contributed by atoms with E-state index in [0.29, 0.717) is 36.7 Å². The van der Waals surface area contributed by atoms with Gasteiger partial charge in [0.05, 0.1) is 4.90 Å². The molecule has 0 spiro atoms. The lowest BCUT2D eigenvalue weighted by molar-refractivity contribution is 0.289. The summed E-state index contributed by atoms with van der Waals surface area (Å²) in [6, 6.07) is 3.08. The van der Waals surface area contributed by atoms with Crippen LogP contribution in [-0.4, -0.2) is 26.5 Å². The molecule has 2 N–H and O–H groups in total. The summed E-state index contributed by atoms with van der Waals surface area (Å²) >= 11 is 0. The summed E-state index contributed by atoms with van der Waals surface area (Å²) in [5, 5.41) is 3.02. The van der Waals surface area contributed by atoms with Crippen LogP contribution in [-0.2, 0) is 10.0 Å². The normalized spacial score (nSPS) is 12.4. The van der Waals surface area contributed by atoms with Crippen molar-refractivity contribution in [1.82, 2.24) is 9.71 Å². The van der Waals surface area contributed by atoms with Gasteiger partial charge < -0.3 is 5.32 Å². The average molecular weight is 313 g/mol. The Labute approximate surface area is 128 Å². The summed E-state index contributed by atoms with van der Waals surface area (Å²) in [4.78, 5) is 4.34. The first-order valence-electron chi connectivity index (χ1n) is 7.47. The molecule has 5 nitrogen and oxygen atoms in total. The highest BCUT2D eigenvalue weighted by Crippen LogP contribution is 2.20. The topological polar surface area (TPSA) is 71.1 Å². The van der Waals surface area contributed by atoms with Crippen LogP contribution in [0.4, 0.5) is 5.82 Å². The highest BCUT2D eigenvalue weighted by Gasteiger charge is 2.21. The molecule has 0 radical (unpaired) electrons. The first-order valence-corrected chi connectivity index (χ1v) is 8.95. The average Bonchev–Trinajstić information content (AvgIpc) is 2.38. The van der Waals surface area contributed by atoms with Gasteiger partial charge >= 0.3 is 0 Å². The van der Waals surface area contributed by atoms with Gasteiger partial charge in [-0.15, -0.1) is 0 Å². The van der Waals surface area contributed by atoms with Crippen molar-refractivity contribution in [3.63, 3.8) is 0 Å². The lowest BCUT2D eigenvalue weighted by Crippen LogP contribution is -2.34. The van der Waals surface area contributed by atoms with Crippen molar-refractivity contribution >= 4 is 15.8 Å². The van der Waals surface area contributed by atoms with Crippen LogP contribution in [0.5, 0.6) is 0 Å². The predicted octanol–water partition coefficient (Wildman–Crippen LogP) is 2.72. The molecule has 0 aromatic carbocycles. The monoisotopic (exact) mass is 313 g/mol. The zero-order valence-corrected chi connectivity index (χ0v) is 14.4. The Kier molecular flexibility index (Phi) is 6.61. The first-order chi connectivity index (χ1) is 9.77. The fraction of sp³-hybridized carbons (Fsp3) is 0.667. The smallest absolute Gasteiger partial charge is 0.240 e. The lowest BCUT2D eigenvalue weighted by Gasteiger charge is -2.25. The lowest BCUT2D eigenvalue weighted by atomic mass is 9.86. The number of rotatable bonds is 8. The molecule has 0 aliphatic rings. The highest BCUT2D eigenvalue weighted by molar-refractivity contribution is 7.89. The number of hydrogen-bond acceptors (Lipinski definition) is 4. The van der Waals surface area contributed by atoms with Crippen molar-refractivity contribution < 1.29 is 8.42 Å². The zero-order chi connectivity index (χ0) is 16.0. The molecule has 0 bridgehead atoms. The highest BCUT2D eigenvalue weighted by atomic mass is 32.2. The van der Waals surface area contributed by atoms with E-state index in [1.807, 2.05) is 6.92 Å². The number of hydrogen-bond donors (Lipinski definition) is 2. The van der Waals surface area contributed by atoms with E-state index in [1.165, 1.54) is 12.3 Å². The molecule has 0 fully saturated rings. The molecule has 1 aromatic rings. The first kappa shape index (κ1) is 17.9. The van der Waals surface area contributed by atoms with E-state index < -0.39 is 10.0 Å². The van der Waals surface area contributed by atoms with Crippen molar-refractivity contribution in [3.8, 4) is 0 Å². The van der Waals surface area contributed by atoms with Crippen LogP contribution in [0.3, 0.4) is 0 Å². The molecule has 21 heavy (non-hydrogen) atoms. The largest absolute Gasteiger partial charge is 0.370 e. The maximum Gasteiger partial charge on any atom is 0.240 e. The quantitative estimate of drug-likeness (QED) is 0.774. The molecule has 1 heterocycles. The Balaban J connectivity index is 2.84. The molecular weight excluding hydrogens is 286 g/mol. The number of nitrogens with zero attached hydrogens (tertiary/aromatic N) is 1. The van der Waals surface area contributed by atoms with Crippen LogP contribution in [0.25, 0.3) is 0 Å². The Morgan fingerprint density at radius 2 is 1.81 bits per heavy atom. The third-order valence-corrected chi connectivity index (χ3v) is 5.04. The van der Waals surface area contributed by atoms with Crippen LogP contribution in [0, 0.1) is 17.8 Å². The summed E-state index contributed by atoms with van der Waals surface area (Å²) in [7, 11) is -3.49. The summed E-state index contributed by atoms with van der Waals surface area (Å²) in [6.07, 6.45) is 1.51. The number of sulfonamides is 1. The van der Waals surface area contributed by atoms with Gasteiger partial charge in [-0.1, -0.05) is 27.7 Å². The zero-order valence-electron chi connectivity index (χ0n) is 13.6. The second kappa shape index (κ2) is 7.75. The number of aromatic nitrogens is 1. The number of nitrogens with one attached hydrogen (secondary N) is 2. The minimum absolute atomic E-state index is 0.250. The SMILES string of the molecule is CCNc1cc(S(=O)(=O)NCC(C(C)C)C(C)C)ccn1. The van der Waals surface area contributed by atoms with E-state index in [2.05, 4.69) is 42.7 Å². The van der Waals surface area contributed by atoms with E-state index in [9.17, 15) is 8.42 Å². The molecule has 1 aromatic heterocycles. The molecule has 120 valence electrons. The number of pyridine rings is 1. The minimum atomic E-state index is -3.49. The fourth-order valence-corrected chi connectivity index (χ4v) is 3.47. The van der Waals surface area contributed by atoms with Gasteiger partial charge in [-0.05, 0) is 30.7 Å². The van der Waals surface area contributed by atoms with Gasteiger partial charge in [0.1, 0.15) is 5.82 Å². The van der Waals surface area contributed by atoms with Gasteiger partial charge in [0, 0.05) is 25.4 Å². The van der Waals surface area contributed by atoms with E-state index in [0.717, 1.165) is 0 Å². The molecular formula is C15H27N3O2S. The van der Waals surface area contributed by atoms with Crippen molar-refractivity contribution in [3.05, 3.63) is 18.3 Å².